The smallest absolute Gasteiger partial charge is 0.326 e. The van der Waals surface area contributed by atoms with E-state index in [1.807, 2.05) is 5.41 Å². The van der Waals surface area contributed by atoms with Crippen molar-refractivity contribution >= 4 is 23.6 Å². The molecule has 0 aromatic heterocycles. The van der Waals surface area contributed by atoms with Crippen LogP contribution in [0.3, 0.4) is 0 Å². The number of carbonyl (C=O) groups is 2. The standard InChI is InChI=1S/C12H19NO3S/c1-2-3-4-5-7-16-12(15)9-13-6-8-17-10-11(13)14/h6,8H,2-5,7,9-10H2,1H3. The Morgan fingerprint density at radius 3 is 3.00 bits per heavy atom. The summed E-state index contributed by atoms with van der Waals surface area (Å²) in [6.07, 6.45) is 5.96. The summed E-state index contributed by atoms with van der Waals surface area (Å²) in [7, 11) is 0. The maximum absolute atomic E-state index is 11.4. The molecule has 0 atom stereocenters. The minimum Gasteiger partial charge on any atom is -0.464 e. The summed E-state index contributed by atoms with van der Waals surface area (Å²) in [6, 6.07) is 0. The summed E-state index contributed by atoms with van der Waals surface area (Å²) in [5.74, 6) is 0.0344. The fraction of sp³-hybridized carbons (Fsp3) is 0.667. The zero-order chi connectivity index (χ0) is 12.5. The highest BCUT2D eigenvalue weighted by atomic mass is 32.2. The topological polar surface area (TPSA) is 46.6 Å². The average molecular weight is 257 g/mol. The zero-order valence-electron chi connectivity index (χ0n) is 10.2. The molecular weight excluding hydrogens is 238 g/mol. The largest absolute Gasteiger partial charge is 0.464 e. The Kier molecular flexibility index (Phi) is 6.77. The number of hydrogen-bond donors (Lipinski definition) is 0. The van der Waals surface area contributed by atoms with Crippen LogP contribution in [0.5, 0.6) is 0 Å². The molecule has 0 unspecified atom stereocenters. The third-order valence-corrected chi connectivity index (χ3v) is 3.15. The van der Waals surface area contributed by atoms with E-state index in [4.69, 9.17) is 4.74 Å². The van der Waals surface area contributed by atoms with Crippen molar-refractivity contribution in [1.82, 2.24) is 4.90 Å². The Balaban J connectivity index is 2.14. The molecule has 1 amide bonds. The first-order valence-corrected chi connectivity index (χ1v) is 7.02. The molecule has 0 spiro atoms. The van der Waals surface area contributed by atoms with Crippen molar-refractivity contribution in [3.05, 3.63) is 11.6 Å². The lowest BCUT2D eigenvalue weighted by molar-refractivity contribution is -0.147. The SMILES string of the molecule is CCCCCCOC(=O)CN1C=CSCC1=O. The van der Waals surface area contributed by atoms with Crippen LogP contribution in [0.4, 0.5) is 0 Å². The van der Waals surface area contributed by atoms with Gasteiger partial charge < -0.3 is 9.64 Å². The molecule has 1 rings (SSSR count). The Hall–Kier alpha value is -0.970. The highest BCUT2D eigenvalue weighted by Crippen LogP contribution is 2.12. The monoisotopic (exact) mass is 257 g/mol. The van der Waals surface area contributed by atoms with Gasteiger partial charge in [-0.15, -0.1) is 11.8 Å². The molecule has 96 valence electrons. The van der Waals surface area contributed by atoms with Gasteiger partial charge in [0.05, 0.1) is 12.4 Å². The van der Waals surface area contributed by atoms with E-state index in [9.17, 15) is 9.59 Å². The van der Waals surface area contributed by atoms with E-state index < -0.39 is 0 Å². The second kappa shape index (κ2) is 8.17. The van der Waals surface area contributed by atoms with Crippen LogP contribution in [0.15, 0.2) is 11.6 Å². The Bertz CT molecular complexity index is 291. The molecule has 1 aliphatic rings. The van der Waals surface area contributed by atoms with E-state index in [0.717, 1.165) is 12.8 Å². The normalized spacial score (nSPS) is 15.1. The number of thioether (sulfide) groups is 1. The summed E-state index contributed by atoms with van der Waals surface area (Å²) >= 11 is 1.44. The second-order valence-electron chi connectivity index (χ2n) is 3.90. The summed E-state index contributed by atoms with van der Waals surface area (Å²) in [4.78, 5) is 24.2. The van der Waals surface area contributed by atoms with E-state index >= 15 is 0 Å². The molecular formula is C12H19NO3S. The van der Waals surface area contributed by atoms with Crippen LogP contribution in [-0.2, 0) is 14.3 Å². The molecule has 5 heteroatoms. The fourth-order valence-corrected chi connectivity index (χ4v) is 2.08. The number of ether oxygens (including phenoxy) is 1. The molecule has 4 nitrogen and oxygen atoms in total. The molecule has 17 heavy (non-hydrogen) atoms. The highest BCUT2D eigenvalue weighted by Gasteiger charge is 2.17. The third kappa shape index (κ3) is 5.77. The minimum absolute atomic E-state index is 0.0314. The van der Waals surface area contributed by atoms with Crippen molar-refractivity contribution in [2.45, 2.75) is 32.6 Å². The number of hydrogen-bond acceptors (Lipinski definition) is 4. The van der Waals surface area contributed by atoms with Gasteiger partial charge in [-0.2, -0.15) is 0 Å². The molecule has 0 N–H and O–H groups in total. The van der Waals surface area contributed by atoms with Crippen molar-refractivity contribution < 1.29 is 14.3 Å². The molecule has 0 aromatic carbocycles. The van der Waals surface area contributed by atoms with Crippen LogP contribution in [0.1, 0.15) is 32.6 Å². The Morgan fingerprint density at radius 1 is 1.47 bits per heavy atom. The molecule has 0 saturated carbocycles. The van der Waals surface area contributed by atoms with Gasteiger partial charge in [0.1, 0.15) is 6.54 Å². The number of carbonyl (C=O) groups excluding carboxylic acids is 2. The first-order valence-electron chi connectivity index (χ1n) is 5.97. The minimum atomic E-state index is -0.327. The van der Waals surface area contributed by atoms with Crippen LogP contribution in [0, 0.1) is 0 Å². The van der Waals surface area contributed by atoms with Crippen molar-refractivity contribution in [2.75, 3.05) is 18.9 Å². The van der Waals surface area contributed by atoms with Gasteiger partial charge >= 0.3 is 5.97 Å². The van der Waals surface area contributed by atoms with E-state index in [2.05, 4.69) is 6.92 Å². The van der Waals surface area contributed by atoms with E-state index in [-0.39, 0.29) is 18.4 Å². The summed E-state index contributed by atoms with van der Waals surface area (Å²) in [5, 5.41) is 1.82. The molecule has 0 aromatic rings. The van der Waals surface area contributed by atoms with Crippen LogP contribution in [0.2, 0.25) is 0 Å². The molecule has 0 saturated heterocycles. The Labute approximate surface area is 106 Å². The number of esters is 1. The van der Waals surface area contributed by atoms with Gasteiger partial charge in [0.2, 0.25) is 5.91 Å². The zero-order valence-corrected chi connectivity index (χ0v) is 11.0. The number of nitrogens with zero attached hydrogens (tertiary/aromatic N) is 1. The lowest BCUT2D eigenvalue weighted by Gasteiger charge is -2.19. The van der Waals surface area contributed by atoms with Crippen molar-refractivity contribution in [3.8, 4) is 0 Å². The quantitative estimate of drug-likeness (QED) is 0.518. The average Bonchev–Trinajstić information content (AvgIpc) is 2.32. The molecule has 0 aliphatic carbocycles. The fourth-order valence-electron chi connectivity index (χ4n) is 1.44. The first kappa shape index (κ1) is 14.1. The number of amides is 1. The molecule has 1 aliphatic heterocycles. The maximum atomic E-state index is 11.4. The number of unbranched alkanes of at least 4 members (excludes halogenated alkanes) is 3. The Morgan fingerprint density at radius 2 is 2.29 bits per heavy atom. The summed E-state index contributed by atoms with van der Waals surface area (Å²) in [6.45, 7) is 2.63. The predicted molar refractivity (Wildman–Crippen MR) is 68.4 cm³/mol. The first-order chi connectivity index (χ1) is 8.24. The van der Waals surface area contributed by atoms with E-state index in [1.54, 1.807) is 6.20 Å². The predicted octanol–water partition coefficient (Wildman–Crippen LogP) is 2.16. The van der Waals surface area contributed by atoms with Crippen LogP contribution in [0.25, 0.3) is 0 Å². The van der Waals surface area contributed by atoms with Crippen molar-refractivity contribution in [2.24, 2.45) is 0 Å². The lowest BCUT2D eigenvalue weighted by atomic mass is 10.2. The van der Waals surface area contributed by atoms with Gasteiger partial charge in [0.25, 0.3) is 0 Å². The van der Waals surface area contributed by atoms with Gasteiger partial charge in [-0.1, -0.05) is 26.2 Å². The van der Waals surface area contributed by atoms with E-state index in [0.29, 0.717) is 12.4 Å². The van der Waals surface area contributed by atoms with Crippen LogP contribution >= 0.6 is 11.8 Å². The van der Waals surface area contributed by atoms with E-state index in [1.165, 1.54) is 29.5 Å². The van der Waals surface area contributed by atoms with Gasteiger partial charge in [-0.3, -0.25) is 9.59 Å². The van der Waals surface area contributed by atoms with Gasteiger partial charge in [0, 0.05) is 6.20 Å². The lowest BCUT2D eigenvalue weighted by Crippen LogP contribution is -2.34. The van der Waals surface area contributed by atoms with Gasteiger partial charge in [-0.05, 0) is 11.8 Å². The molecule has 0 fully saturated rings. The summed E-state index contributed by atoms with van der Waals surface area (Å²) < 4.78 is 5.07. The van der Waals surface area contributed by atoms with Crippen molar-refractivity contribution in [3.63, 3.8) is 0 Å². The summed E-state index contributed by atoms with van der Waals surface area (Å²) in [5.41, 5.74) is 0. The van der Waals surface area contributed by atoms with Gasteiger partial charge in [0.15, 0.2) is 0 Å². The second-order valence-corrected chi connectivity index (χ2v) is 4.79. The molecule has 1 heterocycles. The van der Waals surface area contributed by atoms with Gasteiger partial charge in [-0.25, -0.2) is 0 Å². The highest BCUT2D eigenvalue weighted by molar-refractivity contribution is 8.02. The molecule has 0 radical (unpaired) electrons. The van der Waals surface area contributed by atoms with Crippen molar-refractivity contribution in [1.29, 1.82) is 0 Å². The van der Waals surface area contributed by atoms with Crippen LogP contribution in [-0.4, -0.2) is 35.7 Å². The number of rotatable bonds is 7. The maximum Gasteiger partial charge on any atom is 0.326 e. The van der Waals surface area contributed by atoms with Crippen LogP contribution < -0.4 is 0 Å². The third-order valence-electron chi connectivity index (χ3n) is 2.42. The molecule has 0 bridgehead atoms.